The van der Waals surface area contributed by atoms with Crippen LogP contribution in [-0.4, -0.2) is 59.7 Å². The summed E-state index contributed by atoms with van der Waals surface area (Å²) in [6, 6.07) is 8.07. The van der Waals surface area contributed by atoms with E-state index in [0.29, 0.717) is 37.7 Å². The molecule has 1 aliphatic heterocycles. The highest BCUT2D eigenvalue weighted by Crippen LogP contribution is 2.19. The predicted molar refractivity (Wildman–Crippen MR) is 102 cm³/mol. The van der Waals surface area contributed by atoms with Crippen molar-refractivity contribution >= 4 is 23.4 Å². The van der Waals surface area contributed by atoms with Crippen LogP contribution in [0.15, 0.2) is 36.5 Å². The van der Waals surface area contributed by atoms with Crippen molar-refractivity contribution in [3.63, 3.8) is 0 Å². The number of nitrogens with two attached hydrogens (primary N) is 1. The van der Waals surface area contributed by atoms with Crippen molar-refractivity contribution in [2.45, 2.75) is 12.5 Å². The molecule has 9 heteroatoms. The van der Waals surface area contributed by atoms with Crippen LogP contribution in [0, 0.1) is 0 Å². The normalized spacial score (nSPS) is 15.1. The van der Waals surface area contributed by atoms with Crippen LogP contribution >= 0.6 is 0 Å². The minimum atomic E-state index is -1.08. The zero-order valence-corrected chi connectivity index (χ0v) is 15.6. The molecule has 148 valence electrons. The van der Waals surface area contributed by atoms with Crippen LogP contribution in [0.4, 0.5) is 5.82 Å². The van der Waals surface area contributed by atoms with Crippen molar-refractivity contribution in [3.8, 4) is 0 Å². The van der Waals surface area contributed by atoms with Gasteiger partial charge in [0.15, 0.2) is 5.82 Å². The highest BCUT2D eigenvalue weighted by atomic mass is 16.5. The van der Waals surface area contributed by atoms with Crippen molar-refractivity contribution in [1.82, 2.24) is 15.1 Å². The largest absolute Gasteiger partial charge is 0.378 e. The van der Waals surface area contributed by atoms with Crippen molar-refractivity contribution in [2.24, 2.45) is 12.8 Å². The van der Waals surface area contributed by atoms with E-state index >= 15 is 0 Å². The summed E-state index contributed by atoms with van der Waals surface area (Å²) in [5.41, 5.74) is 6.32. The molecule has 1 aromatic heterocycles. The molecule has 9 nitrogen and oxygen atoms in total. The smallest absolute Gasteiger partial charge is 0.287 e. The van der Waals surface area contributed by atoms with E-state index in [-0.39, 0.29) is 6.42 Å². The standard InChI is InChI=1S/C19H23N5O4/c1-23-12-14(18(22-23)24-7-9-28-10-8-24)19(27)21-15(16(25)17(20)26)11-13-5-3-2-4-6-13/h2-6,12,15H,7-11H2,1H3,(H2,20,26)(H,21,27). The summed E-state index contributed by atoms with van der Waals surface area (Å²) < 4.78 is 6.89. The van der Waals surface area contributed by atoms with Gasteiger partial charge < -0.3 is 20.7 Å². The Morgan fingerprint density at radius 3 is 2.54 bits per heavy atom. The van der Waals surface area contributed by atoms with Gasteiger partial charge in [-0.05, 0) is 5.56 Å². The summed E-state index contributed by atoms with van der Waals surface area (Å²) >= 11 is 0. The second-order valence-electron chi connectivity index (χ2n) is 6.58. The van der Waals surface area contributed by atoms with Crippen molar-refractivity contribution < 1.29 is 19.1 Å². The molecule has 1 atom stereocenters. The van der Waals surface area contributed by atoms with E-state index in [1.165, 1.54) is 0 Å². The average Bonchev–Trinajstić information content (AvgIpc) is 3.10. The highest BCUT2D eigenvalue weighted by molar-refractivity contribution is 6.38. The Morgan fingerprint density at radius 1 is 1.21 bits per heavy atom. The van der Waals surface area contributed by atoms with Gasteiger partial charge in [-0.3, -0.25) is 19.1 Å². The number of hydrogen-bond acceptors (Lipinski definition) is 6. The van der Waals surface area contributed by atoms with E-state index in [4.69, 9.17) is 10.5 Å². The maximum Gasteiger partial charge on any atom is 0.287 e. The molecule has 28 heavy (non-hydrogen) atoms. The van der Waals surface area contributed by atoms with Crippen LogP contribution < -0.4 is 16.0 Å². The molecule has 2 aromatic rings. The number of anilines is 1. The van der Waals surface area contributed by atoms with Gasteiger partial charge in [0.1, 0.15) is 11.6 Å². The van der Waals surface area contributed by atoms with Crippen molar-refractivity contribution in [1.29, 1.82) is 0 Å². The Bertz CT molecular complexity index is 858. The minimum absolute atomic E-state index is 0.168. The molecule has 1 unspecified atom stereocenters. The fraction of sp³-hybridized carbons (Fsp3) is 0.368. The molecule has 0 spiro atoms. The van der Waals surface area contributed by atoms with E-state index < -0.39 is 23.6 Å². The summed E-state index contributed by atoms with van der Waals surface area (Å²) in [7, 11) is 1.72. The molecule has 1 fully saturated rings. The van der Waals surface area contributed by atoms with Gasteiger partial charge in [0.2, 0.25) is 5.78 Å². The lowest BCUT2D eigenvalue weighted by Crippen LogP contribution is -2.47. The van der Waals surface area contributed by atoms with Gasteiger partial charge in [-0.2, -0.15) is 5.10 Å². The number of benzene rings is 1. The molecule has 1 aromatic carbocycles. The molecule has 0 aliphatic carbocycles. The highest BCUT2D eigenvalue weighted by Gasteiger charge is 2.29. The summed E-state index contributed by atoms with van der Waals surface area (Å²) in [5.74, 6) is -1.88. The number of Topliss-reactive ketones (excluding diaryl/α,β-unsaturated/α-hetero) is 1. The van der Waals surface area contributed by atoms with Gasteiger partial charge in [-0.25, -0.2) is 0 Å². The Morgan fingerprint density at radius 2 is 1.89 bits per heavy atom. The Hall–Kier alpha value is -3.20. The lowest BCUT2D eigenvalue weighted by molar-refractivity contribution is -0.137. The number of amides is 2. The Kier molecular flexibility index (Phi) is 6.05. The average molecular weight is 385 g/mol. The summed E-state index contributed by atoms with van der Waals surface area (Å²) in [4.78, 5) is 38.6. The number of carbonyl (C=O) groups is 3. The number of ketones is 1. The van der Waals surface area contributed by atoms with Gasteiger partial charge in [0.25, 0.3) is 11.8 Å². The zero-order valence-electron chi connectivity index (χ0n) is 15.6. The second-order valence-corrected chi connectivity index (χ2v) is 6.58. The molecule has 3 N–H and O–H groups in total. The molecule has 1 saturated heterocycles. The third kappa shape index (κ3) is 4.55. The number of aryl methyl sites for hydroxylation is 1. The van der Waals surface area contributed by atoms with Gasteiger partial charge >= 0.3 is 0 Å². The fourth-order valence-corrected chi connectivity index (χ4v) is 3.11. The SMILES string of the molecule is Cn1cc(C(=O)NC(Cc2ccccc2)C(=O)C(N)=O)c(N2CCOCC2)n1. The van der Waals surface area contributed by atoms with Crippen LogP contribution in [0.1, 0.15) is 15.9 Å². The Labute approximate surface area is 162 Å². The van der Waals surface area contributed by atoms with Crippen LogP contribution in [0.25, 0.3) is 0 Å². The Balaban J connectivity index is 1.81. The number of nitrogens with zero attached hydrogens (tertiary/aromatic N) is 3. The molecular weight excluding hydrogens is 362 g/mol. The molecule has 2 heterocycles. The number of aromatic nitrogens is 2. The number of primary amides is 1. The monoisotopic (exact) mass is 385 g/mol. The maximum absolute atomic E-state index is 12.9. The van der Waals surface area contributed by atoms with Crippen LogP contribution in [0.3, 0.4) is 0 Å². The lowest BCUT2D eigenvalue weighted by atomic mass is 10.0. The number of hydrogen-bond donors (Lipinski definition) is 2. The van der Waals surface area contributed by atoms with Gasteiger partial charge in [0, 0.05) is 32.8 Å². The van der Waals surface area contributed by atoms with E-state index in [1.807, 2.05) is 35.2 Å². The number of nitrogens with one attached hydrogen (secondary N) is 1. The third-order valence-electron chi connectivity index (χ3n) is 4.51. The molecule has 0 bridgehead atoms. The molecule has 1 aliphatic rings. The summed E-state index contributed by atoms with van der Waals surface area (Å²) in [6.07, 6.45) is 1.76. The first-order chi connectivity index (χ1) is 13.5. The van der Waals surface area contributed by atoms with Gasteiger partial charge in [-0.15, -0.1) is 0 Å². The predicted octanol–water partition coefficient (Wildman–Crippen LogP) is -0.348. The van der Waals surface area contributed by atoms with E-state index in [9.17, 15) is 14.4 Å². The quantitative estimate of drug-likeness (QED) is 0.629. The van der Waals surface area contributed by atoms with Crippen molar-refractivity contribution in [3.05, 3.63) is 47.7 Å². The summed E-state index contributed by atoms with van der Waals surface area (Å²) in [6.45, 7) is 2.33. The molecule has 3 rings (SSSR count). The third-order valence-corrected chi connectivity index (χ3v) is 4.51. The zero-order chi connectivity index (χ0) is 20.1. The van der Waals surface area contributed by atoms with Gasteiger partial charge in [0.05, 0.1) is 13.2 Å². The number of morpholine rings is 1. The minimum Gasteiger partial charge on any atom is -0.378 e. The van der Waals surface area contributed by atoms with Crippen molar-refractivity contribution in [2.75, 3.05) is 31.2 Å². The second kappa shape index (κ2) is 8.66. The first-order valence-electron chi connectivity index (χ1n) is 9.00. The number of carbonyl (C=O) groups excluding carboxylic acids is 3. The lowest BCUT2D eigenvalue weighted by Gasteiger charge is -2.27. The van der Waals surface area contributed by atoms with E-state index in [1.54, 1.807) is 17.9 Å². The molecule has 0 radical (unpaired) electrons. The fourth-order valence-electron chi connectivity index (χ4n) is 3.11. The van der Waals surface area contributed by atoms with Crippen LogP contribution in [-0.2, 0) is 27.8 Å². The molecular formula is C19H23N5O4. The molecule has 0 saturated carbocycles. The van der Waals surface area contributed by atoms with Crippen LogP contribution in [0.2, 0.25) is 0 Å². The number of rotatable bonds is 7. The van der Waals surface area contributed by atoms with E-state index in [0.717, 1.165) is 5.56 Å². The van der Waals surface area contributed by atoms with Gasteiger partial charge in [-0.1, -0.05) is 30.3 Å². The summed E-state index contributed by atoms with van der Waals surface area (Å²) in [5, 5.41) is 7.03. The number of ether oxygens (including phenoxy) is 1. The van der Waals surface area contributed by atoms with Crippen LogP contribution in [0.5, 0.6) is 0 Å². The molecule has 2 amide bonds. The topological polar surface area (TPSA) is 120 Å². The first-order valence-corrected chi connectivity index (χ1v) is 9.00. The first kappa shape index (κ1) is 19.6. The van der Waals surface area contributed by atoms with E-state index in [2.05, 4.69) is 10.4 Å². The maximum atomic E-state index is 12.9.